The van der Waals surface area contributed by atoms with Crippen molar-refractivity contribution in [2.45, 2.75) is 18.7 Å². The summed E-state index contributed by atoms with van der Waals surface area (Å²) in [4.78, 5) is 16.9. The lowest BCUT2D eigenvalue weighted by atomic mass is 10.1. The van der Waals surface area contributed by atoms with Crippen LogP contribution in [0.15, 0.2) is 17.0 Å². The molecule has 1 amide bonds. The summed E-state index contributed by atoms with van der Waals surface area (Å²) in [7, 11) is 1.48. The average molecular weight is 228 g/mol. The lowest BCUT2D eigenvalue weighted by molar-refractivity contribution is -0.0181. The van der Waals surface area contributed by atoms with E-state index in [0.717, 1.165) is 0 Å². The standard InChI is InChI=1S/C10H13FN2O3/c1-15-8-2-3-13(5-7(8)11)10(14)9-4-12-6-16-9/h4,6-8H,2-3,5H2,1H3/t7-,8+/m1/s1. The van der Waals surface area contributed by atoms with Crippen molar-refractivity contribution in [2.24, 2.45) is 0 Å². The average Bonchev–Trinajstić information content (AvgIpc) is 2.81. The number of carbonyl (C=O) groups is 1. The summed E-state index contributed by atoms with van der Waals surface area (Å²) in [6.07, 6.45) is 1.45. The summed E-state index contributed by atoms with van der Waals surface area (Å²) in [6, 6.07) is 0. The third-order valence-electron chi connectivity index (χ3n) is 2.71. The molecule has 16 heavy (non-hydrogen) atoms. The van der Waals surface area contributed by atoms with Gasteiger partial charge in [0.15, 0.2) is 6.39 Å². The van der Waals surface area contributed by atoms with Crippen LogP contribution in [0.2, 0.25) is 0 Å². The van der Waals surface area contributed by atoms with Crippen LogP contribution in [0.25, 0.3) is 0 Å². The fourth-order valence-corrected chi connectivity index (χ4v) is 1.81. The number of rotatable bonds is 2. The maximum absolute atomic E-state index is 13.5. The molecule has 0 N–H and O–H groups in total. The van der Waals surface area contributed by atoms with Crippen LogP contribution < -0.4 is 0 Å². The molecule has 1 aromatic heterocycles. The minimum atomic E-state index is -1.15. The van der Waals surface area contributed by atoms with Crippen LogP contribution in [-0.4, -0.2) is 48.3 Å². The van der Waals surface area contributed by atoms with Crippen molar-refractivity contribution >= 4 is 5.91 Å². The number of alkyl halides is 1. The van der Waals surface area contributed by atoms with E-state index in [1.165, 1.54) is 24.6 Å². The van der Waals surface area contributed by atoms with Gasteiger partial charge in [-0.05, 0) is 6.42 Å². The number of amides is 1. The second kappa shape index (κ2) is 4.61. The van der Waals surface area contributed by atoms with Crippen LogP contribution in [0.5, 0.6) is 0 Å². The Labute approximate surface area is 92.2 Å². The second-order valence-electron chi connectivity index (χ2n) is 3.70. The van der Waals surface area contributed by atoms with Crippen LogP contribution in [0.4, 0.5) is 4.39 Å². The monoisotopic (exact) mass is 228 g/mol. The van der Waals surface area contributed by atoms with E-state index in [9.17, 15) is 9.18 Å². The second-order valence-corrected chi connectivity index (χ2v) is 3.70. The number of likely N-dealkylation sites (tertiary alicyclic amines) is 1. The van der Waals surface area contributed by atoms with E-state index < -0.39 is 12.3 Å². The summed E-state index contributed by atoms with van der Waals surface area (Å²) in [5, 5.41) is 0. The van der Waals surface area contributed by atoms with E-state index in [1.807, 2.05) is 0 Å². The largest absolute Gasteiger partial charge is 0.438 e. The molecule has 0 saturated carbocycles. The lowest BCUT2D eigenvalue weighted by Gasteiger charge is -2.33. The highest BCUT2D eigenvalue weighted by atomic mass is 19.1. The van der Waals surface area contributed by atoms with E-state index >= 15 is 0 Å². The Kier molecular flexibility index (Phi) is 3.19. The summed E-state index contributed by atoms with van der Waals surface area (Å²) < 4.78 is 23.4. The fraction of sp³-hybridized carbons (Fsp3) is 0.600. The third kappa shape index (κ3) is 2.06. The predicted molar refractivity (Wildman–Crippen MR) is 52.7 cm³/mol. The number of hydrogen-bond acceptors (Lipinski definition) is 4. The Morgan fingerprint density at radius 3 is 3.12 bits per heavy atom. The fourth-order valence-electron chi connectivity index (χ4n) is 1.81. The number of piperidine rings is 1. The Morgan fingerprint density at radius 2 is 2.56 bits per heavy atom. The highest BCUT2D eigenvalue weighted by Gasteiger charge is 2.32. The molecule has 6 heteroatoms. The van der Waals surface area contributed by atoms with Gasteiger partial charge in [0, 0.05) is 13.7 Å². The van der Waals surface area contributed by atoms with Gasteiger partial charge in [-0.1, -0.05) is 0 Å². The van der Waals surface area contributed by atoms with Gasteiger partial charge in [0.2, 0.25) is 5.76 Å². The zero-order chi connectivity index (χ0) is 11.5. The number of nitrogens with zero attached hydrogens (tertiary/aromatic N) is 2. The van der Waals surface area contributed by atoms with Crippen LogP contribution in [0.3, 0.4) is 0 Å². The van der Waals surface area contributed by atoms with Gasteiger partial charge in [0.05, 0.1) is 18.8 Å². The lowest BCUT2D eigenvalue weighted by Crippen LogP contribution is -2.47. The van der Waals surface area contributed by atoms with Crippen molar-refractivity contribution in [3.05, 3.63) is 18.4 Å². The molecule has 5 nitrogen and oxygen atoms in total. The number of carbonyl (C=O) groups excluding carboxylic acids is 1. The number of hydrogen-bond donors (Lipinski definition) is 0. The van der Waals surface area contributed by atoms with Gasteiger partial charge in [0.1, 0.15) is 6.17 Å². The van der Waals surface area contributed by atoms with Crippen molar-refractivity contribution in [3.63, 3.8) is 0 Å². The molecule has 0 bridgehead atoms. The van der Waals surface area contributed by atoms with E-state index in [2.05, 4.69) is 4.98 Å². The first-order chi connectivity index (χ1) is 7.72. The molecular formula is C10H13FN2O3. The Bertz CT molecular complexity index is 355. The number of oxazole rings is 1. The summed E-state index contributed by atoms with van der Waals surface area (Å²) in [5.74, 6) is -0.183. The molecule has 2 rings (SSSR count). The molecule has 88 valence electrons. The Hall–Kier alpha value is -1.43. The maximum atomic E-state index is 13.5. The first kappa shape index (κ1) is 11.1. The molecule has 0 aromatic carbocycles. The molecule has 1 fully saturated rings. The van der Waals surface area contributed by atoms with E-state index in [4.69, 9.17) is 9.15 Å². The van der Waals surface area contributed by atoms with Crippen LogP contribution in [0, 0.1) is 0 Å². The molecule has 0 unspecified atom stereocenters. The molecule has 0 spiro atoms. The molecule has 0 aliphatic carbocycles. The Morgan fingerprint density at radius 1 is 1.75 bits per heavy atom. The summed E-state index contributed by atoms with van der Waals surface area (Å²) >= 11 is 0. The van der Waals surface area contributed by atoms with Gasteiger partial charge >= 0.3 is 0 Å². The van der Waals surface area contributed by atoms with E-state index in [1.54, 1.807) is 0 Å². The highest BCUT2D eigenvalue weighted by molar-refractivity contribution is 5.91. The smallest absolute Gasteiger partial charge is 0.291 e. The molecule has 0 radical (unpaired) electrons. The summed E-state index contributed by atoms with van der Waals surface area (Å²) in [6.45, 7) is 0.510. The molecule has 1 aliphatic heterocycles. The van der Waals surface area contributed by atoms with Crippen LogP contribution in [0.1, 0.15) is 17.0 Å². The van der Waals surface area contributed by atoms with Crippen molar-refractivity contribution in [3.8, 4) is 0 Å². The molecule has 1 aromatic rings. The number of aromatic nitrogens is 1. The molecule has 1 saturated heterocycles. The third-order valence-corrected chi connectivity index (χ3v) is 2.71. The SMILES string of the molecule is CO[C@H]1CCN(C(=O)c2cnco2)C[C@H]1F. The number of ether oxygens (including phenoxy) is 1. The van der Waals surface area contributed by atoms with Crippen molar-refractivity contribution in [1.82, 2.24) is 9.88 Å². The van der Waals surface area contributed by atoms with Gasteiger partial charge in [-0.2, -0.15) is 0 Å². The topological polar surface area (TPSA) is 55.6 Å². The maximum Gasteiger partial charge on any atom is 0.291 e. The van der Waals surface area contributed by atoms with E-state index in [-0.39, 0.29) is 18.2 Å². The molecular weight excluding hydrogens is 215 g/mol. The Balaban J connectivity index is 2.00. The van der Waals surface area contributed by atoms with Crippen molar-refractivity contribution < 1.29 is 18.3 Å². The van der Waals surface area contributed by atoms with Gasteiger partial charge in [-0.25, -0.2) is 9.37 Å². The minimum Gasteiger partial charge on any atom is -0.438 e. The predicted octanol–water partition coefficient (Wildman–Crippen LogP) is 0.874. The van der Waals surface area contributed by atoms with Gasteiger partial charge in [-0.3, -0.25) is 4.79 Å². The number of methoxy groups -OCH3 is 1. The van der Waals surface area contributed by atoms with Gasteiger partial charge in [-0.15, -0.1) is 0 Å². The highest BCUT2D eigenvalue weighted by Crippen LogP contribution is 2.18. The van der Waals surface area contributed by atoms with Crippen molar-refractivity contribution in [2.75, 3.05) is 20.2 Å². The normalized spacial score (nSPS) is 25.8. The first-order valence-corrected chi connectivity index (χ1v) is 5.07. The zero-order valence-electron chi connectivity index (χ0n) is 8.93. The first-order valence-electron chi connectivity index (χ1n) is 5.07. The minimum absolute atomic E-state index is 0.0397. The van der Waals surface area contributed by atoms with E-state index in [0.29, 0.717) is 13.0 Å². The van der Waals surface area contributed by atoms with Gasteiger partial charge in [0.25, 0.3) is 5.91 Å². The zero-order valence-corrected chi connectivity index (χ0v) is 8.93. The molecule has 2 heterocycles. The summed E-state index contributed by atoms with van der Waals surface area (Å²) in [5.41, 5.74) is 0. The molecule has 2 atom stereocenters. The van der Waals surface area contributed by atoms with Crippen molar-refractivity contribution in [1.29, 1.82) is 0 Å². The quantitative estimate of drug-likeness (QED) is 0.753. The van der Waals surface area contributed by atoms with Crippen LogP contribution >= 0.6 is 0 Å². The molecule has 1 aliphatic rings. The van der Waals surface area contributed by atoms with Crippen LogP contribution in [-0.2, 0) is 4.74 Å². The van der Waals surface area contributed by atoms with Gasteiger partial charge < -0.3 is 14.1 Å². The number of halogens is 1.